The lowest BCUT2D eigenvalue weighted by Gasteiger charge is -2.25. The van der Waals surface area contributed by atoms with Gasteiger partial charge in [-0.3, -0.25) is 0 Å². The molecule has 1 aliphatic carbocycles. The van der Waals surface area contributed by atoms with E-state index in [4.69, 9.17) is 0 Å². The molecule has 0 radical (unpaired) electrons. The molecule has 1 aliphatic rings. The third-order valence-corrected chi connectivity index (χ3v) is 4.73. The monoisotopic (exact) mass is 210 g/mol. The topological polar surface area (TPSA) is 0 Å². The van der Waals surface area contributed by atoms with E-state index in [0.29, 0.717) is 0 Å². The SMILES string of the molecule is CCC1CCC(C)CCC(C)C(CC)C1. The lowest BCUT2D eigenvalue weighted by Crippen LogP contribution is -2.14. The molecule has 0 spiro atoms. The van der Waals surface area contributed by atoms with Gasteiger partial charge in [-0.1, -0.05) is 66.2 Å². The summed E-state index contributed by atoms with van der Waals surface area (Å²) in [7, 11) is 0. The molecular formula is C15H30. The zero-order chi connectivity index (χ0) is 11.3. The standard InChI is InChI=1S/C15H30/c1-5-14-10-8-12(3)7-9-13(4)15(6-2)11-14/h12-15H,5-11H2,1-4H3. The highest BCUT2D eigenvalue weighted by molar-refractivity contribution is 4.74. The van der Waals surface area contributed by atoms with E-state index >= 15 is 0 Å². The molecule has 0 aliphatic heterocycles. The summed E-state index contributed by atoms with van der Waals surface area (Å²) in [5, 5.41) is 0. The van der Waals surface area contributed by atoms with Crippen molar-refractivity contribution in [1.29, 1.82) is 0 Å². The maximum Gasteiger partial charge on any atom is -0.0388 e. The van der Waals surface area contributed by atoms with Gasteiger partial charge >= 0.3 is 0 Å². The first-order valence-electron chi connectivity index (χ1n) is 7.17. The Morgan fingerprint density at radius 2 is 1.53 bits per heavy atom. The Morgan fingerprint density at radius 1 is 0.867 bits per heavy atom. The van der Waals surface area contributed by atoms with Crippen LogP contribution < -0.4 is 0 Å². The van der Waals surface area contributed by atoms with Crippen molar-refractivity contribution in [2.45, 2.75) is 72.6 Å². The van der Waals surface area contributed by atoms with Crippen LogP contribution in [0.25, 0.3) is 0 Å². The van der Waals surface area contributed by atoms with Crippen LogP contribution in [0.3, 0.4) is 0 Å². The van der Waals surface area contributed by atoms with Crippen LogP contribution in [-0.2, 0) is 0 Å². The predicted octanol–water partition coefficient (Wildman–Crippen LogP) is 5.28. The minimum atomic E-state index is 0.963. The van der Waals surface area contributed by atoms with E-state index in [1.165, 1.54) is 44.9 Å². The minimum absolute atomic E-state index is 0.963. The van der Waals surface area contributed by atoms with Gasteiger partial charge < -0.3 is 0 Å². The van der Waals surface area contributed by atoms with Crippen molar-refractivity contribution in [3.05, 3.63) is 0 Å². The fourth-order valence-electron chi connectivity index (χ4n) is 3.17. The quantitative estimate of drug-likeness (QED) is 0.582. The van der Waals surface area contributed by atoms with E-state index < -0.39 is 0 Å². The molecule has 90 valence electrons. The Balaban J connectivity index is 2.58. The molecule has 1 saturated carbocycles. The molecule has 1 fully saturated rings. The molecule has 0 amide bonds. The van der Waals surface area contributed by atoms with Gasteiger partial charge in [0.15, 0.2) is 0 Å². The molecular weight excluding hydrogens is 180 g/mol. The lowest BCUT2D eigenvalue weighted by atomic mass is 9.81. The predicted molar refractivity (Wildman–Crippen MR) is 69.0 cm³/mol. The Kier molecular flexibility index (Phi) is 5.71. The van der Waals surface area contributed by atoms with Gasteiger partial charge in [-0.15, -0.1) is 0 Å². The van der Waals surface area contributed by atoms with E-state index in [2.05, 4.69) is 27.7 Å². The van der Waals surface area contributed by atoms with Gasteiger partial charge in [0.05, 0.1) is 0 Å². The largest absolute Gasteiger partial charge is 0.0651 e. The zero-order valence-electron chi connectivity index (χ0n) is 11.3. The molecule has 0 aromatic rings. The Morgan fingerprint density at radius 3 is 2.13 bits per heavy atom. The van der Waals surface area contributed by atoms with Crippen LogP contribution in [0.4, 0.5) is 0 Å². The van der Waals surface area contributed by atoms with E-state index in [0.717, 1.165) is 23.7 Å². The lowest BCUT2D eigenvalue weighted by molar-refractivity contribution is 0.259. The van der Waals surface area contributed by atoms with E-state index in [1.54, 1.807) is 0 Å². The van der Waals surface area contributed by atoms with Gasteiger partial charge in [0, 0.05) is 0 Å². The average molecular weight is 210 g/mol. The number of hydrogen-bond acceptors (Lipinski definition) is 0. The zero-order valence-corrected chi connectivity index (χ0v) is 11.3. The van der Waals surface area contributed by atoms with E-state index in [1.807, 2.05) is 0 Å². The Labute approximate surface area is 96.8 Å². The minimum Gasteiger partial charge on any atom is -0.0651 e. The van der Waals surface area contributed by atoms with Crippen molar-refractivity contribution >= 4 is 0 Å². The summed E-state index contributed by atoms with van der Waals surface area (Å²) in [5.74, 6) is 3.94. The number of rotatable bonds is 2. The van der Waals surface area contributed by atoms with Crippen molar-refractivity contribution in [2.75, 3.05) is 0 Å². The summed E-state index contributed by atoms with van der Waals surface area (Å²) in [6.45, 7) is 9.70. The van der Waals surface area contributed by atoms with Gasteiger partial charge in [0.2, 0.25) is 0 Å². The average Bonchev–Trinajstić information content (AvgIpc) is 2.31. The molecule has 0 aromatic carbocycles. The van der Waals surface area contributed by atoms with Gasteiger partial charge in [0.1, 0.15) is 0 Å². The van der Waals surface area contributed by atoms with Crippen molar-refractivity contribution < 1.29 is 0 Å². The molecule has 0 saturated heterocycles. The van der Waals surface area contributed by atoms with Gasteiger partial charge in [-0.2, -0.15) is 0 Å². The van der Waals surface area contributed by atoms with Crippen LogP contribution in [0.2, 0.25) is 0 Å². The molecule has 4 atom stereocenters. The molecule has 15 heavy (non-hydrogen) atoms. The van der Waals surface area contributed by atoms with Crippen LogP contribution >= 0.6 is 0 Å². The molecule has 0 aromatic heterocycles. The molecule has 0 bridgehead atoms. The molecule has 0 heteroatoms. The van der Waals surface area contributed by atoms with Crippen LogP contribution in [0.5, 0.6) is 0 Å². The summed E-state index contributed by atoms with van der Waals surface area (Å²) < 4.78 is 0. The van der Waals surface area contributed by atoms with Crippen LogP contribution in [-0.4, -0.2) is 0 Å². The van der Waals surface area contributed by atoms with Gasteiger partial charge in [-0.05, 0) is 30.1 Å². The van der Waals surface area contributed by atoms with E-state index in [9.17, 15) is 0 Å². The van der Waals surface area contributed by atoms with Crippen molar-refractivity contribution in [1.82, 2.24) is 0 Å². The Hall–Kier alpha value is 0. The molecule has 4 unspecified atom stereocenters. The second kappa shape index (κ2) is 6.55. The van der Waals surface area contributed by atoms with Crippen LogP contribution in [0.15, 0.2) is 0 Å². The van der Waals surface area contributed by atoms with Crippen LogP contribution in [0, 0.1) is 23.7 Å². The van der Waals surface area contributed by atoms with Crippen molar-refractivity contribution in [3.8, 4) is 0 Å². The first-order valence-corrected chi connectivity index (χ1v) is 7.17. The van der Waals surface area contributed by atoms with Crippen LogP contribution in [0.1, 0.15) is 72.6 Å². The maximum absolute atomic E-state index is 2.49. The third kappa shape index (κ3) is 4.17. The van der Waals surface area contributed by atoms with Crippen molar-refractivity contribution in [3.63, 3.8) is 0 Å². The summed E-state index contributed by atoms with van der Waals surface area (Å²) in [5.41, 5.74) is 0. The first kappa shape index (κ1) is 13.1. The summed E-state index contributed by atoms with van der Waals surface area (Å²) in [6.07, 6.45) is 10.2. The summed E-state index contributed by atoms with van der Waals surface area (Å²) in [4.78, 5) is 0. The normalized spacial score (nSPS) is 39.2. The van der Waals surface area contributed by atoms with Gasteiger partial charge in [-0.25, -0.2) is 0 Å². The second-order valence-corrected chi connectivity index (χ2v) is 5.92. The van der Waals surface area contributed by atoms with E-state index in [-0.39, 0.29) is 0 Å². The maximum atomic E-state index is 2.49. The van der Waals surface area contributed by atoms with Gasteiger partial charge in [0.25, 0.3) is 0 Å². The fraction of sp³-hybridized carbons (Fsp3) is 1.00. The summed E-state index contributed by atoms with van der Waals surface area (Å²) >= 11 is 0. The molecule has 1 rings (SSSR count). The summed E-state index contributed by atoms with van der Waals surface area (Å²) in [6, 6.07) is 0. The molecule has 0 nitrogen and oxygen atoms in total. The third-order valence-electron chi connectivity index (χ3n) is 4.73. The van der Waals surface area contributed by atoms with Crippen molar-refractivity contribution in [2.24, 2.45) is 23.7 Å². The smallest absolute Gasteiger partial charge is 0.0388 e. The second-order valence-electron chi connectivity index (χ2n) is 5.92. The highest BCUT2D eigenvalue weighted by atomic mass is 14.3. The highest BCUT2D eigenvalue weighted by Crippen LogP contribution is 2.34. The Bertz CT molecular complexity index is 159. The fourth-order valence-corrected chi connectivity index (χ4v) is 3.17. The molecule has 0 N–H and O–H groups in total. The highest BCUT2D eigenvalue weighted by Gasteiger charge is 2.22. The number of hydrogen-bond donors (Lipinski definition) is 0. The first-order chi connectivity index (χ1) is 7.17. The molecule has 0 heterocycles.